The van der Waals surface area contributed by atoms with Gasteiger partial charge in [-0.05, 0) is 129 Å². The van der Waals surface area contributed by atoms with Gasteiger partial charge in [-0.25, -0.2) is 0 Å². The van der Waals surface area contributed by atoms with Crippen molar-refractivity contribution in [2.75, 3.05) is 4.90 Å². The summed E-state index contributed by atoms with van der Waals surface area (Å²) in [5, 5.41) is 2.53. The van der Waals surface area contributed by atoms with Crippen molar-refractivity contribution in [1.82, 2.24) is 4.57 Å². The highest BCUT2D eigenvalue weighted by Gasteiger charge is 2.58. The Bertz CT molecular complexity index is 3400. The highest BCUT2D eigenvalue weighted by Crippen LogP contribution is 2.68. The fourth-order valence-corrected chi connectivity index (χ4v) is 12.0. The lowest BCUT2D eigenvalue weighted by atomic mass is 9.63. The molecule has 9 aromatic carbocycles. The number of para-hydroxylation sites is 2. The van der Waals surface area contributed by atoms with Gasteiger partial charge >= 0.3 is 0 Å². The van der Waals surface area contributed by atoms with Crippen molar-refractivity contribution in [3.8, 4) is 39.1 Å². The van der Waals surface area contributed by atoms with Gasteiger partial charge in [0.2, 0.25) is 0 Å². The number of hydrogen-bond acceptors (Lipinski definition) is 1. The predicted molar refractivity (Wildman–Crippen MR) is 263 cm³/mol. The average molecular weight is 805 g/mol. The van der Waals surface area contributed by atoms with Crippen LogP contribution in [0.25, 0.3) is 60.9 Å². The average Bonchev–Trinajstić information content (AvgIpc) is 3.97. The highest BCUT2D eigenvalue weighted by molar-refractivity contribution is 6.15. The molecule has 0 saturated carbocycles. The lowest BCUT2D eigenvalue weighted by Crippen LogP contribution is -2.35. The molecule has 0 amide bonds. The summed E-state index contributed by atoms with van der Waals surface area (Å²) in [5.74, 6) is 0.780. The van der Waals surface area contributed by atoms with E-state index in [1.807, 2.05) is 0 Å². The van der Waals surface area contributed by atoms with E-state index >= 15 is 0 Å². The summed E-state index contributed by atoms with van der Waals surface area (Å²) >= 11 is 0. The molecule has 0 radical (unpaired) electrons. The first-order valence-corrected chi connectivity index (χ1v) is 22.4. The molecule has 0 N–H and O–H groups in total. The largest absolute Gasteiger partial charge is 0.310 e. The second-order valence-corrected chi connectivity index (χ2v) is 17.5. The summed E-state index contributed by atoms with van der Waals surface area (Å²) in [6.45, 7) is 0. The third kappa shape index (κ3) is 5.25. The molecule has 3 atom stereocenters. The zero-order valence-corrected chi connectivity index (χ0v) is 34.9. The molecule has 1 spiro atoms. The van der Waals surface area contributed by atoms with Gasteiger partial charge in [-0.1, -0.05) is 176 Å². The van der Waals surface area contributed by atoms with Crippen LogP contribution in [0.3, 0.4) is 0 Å². The molecule has 3 aliphatic rings. The molecule has 3 unspecified atom stereocenters. The summed E-state index contributed by atoms with van der Waals surface area (Å²) in [7, 11) is 0. The second-order valence-electron chi connectivity index (χ2n) is 17.5. The van der Waals surface area contributed by atoms with Gasteiger partial charge in [0.15, 0.2) is 0 Å². The summed E-state index contributed by atoms with van der Waals surface area (Å²) in [6, 6.07) is 81.3. The van der Waals surface area contributed by atoms with Crippen molar-refractivity contribution in [3.63, 3.8) is 0 Å². The van der Waals surface area contributed by atoms with Crippen molar-refractivity contribution in [3.05, 3.63) is 253 Å². The number of hydrogen-bond donors (Lipinski definition) is 0. The smallest absolute Gasteiger partial charge is 0.0547 e. The highest BCUT2D eigenvalue weighted by atomic mass is 15.1. The summed E-state index contributed by atoms with van der Waals surface area (Å²) in [5.41, 5.74) is 20.2. The molecular formula is C61H44N2. The molecule has 298 valence electrons. The number of nitrogens with zero attached hydrogens (tertiary/aromatic N) is 2. The maximum Gasteiger partial charge on any atom is 0.0547 e. The Labute approximate surface area is 368 Å². The Morgan fingerprint density at radius 1 is 0.460 bits per heavy atom. The zero-order chi connectivity index (χ0) is 41.5. The van der Waals surface area contributed by atoms with Gasteiger partial charge in [-0.15, -0.1) is 0 Å². The van der Waals surface area contributed by atoms with Crippen LogP contribution in [0.2, 0.25) is 0 Å². The number of rotatable bonds is 6. The number of fused-ring (bicyclic) bond motifs is 13. The summed E-state index contributed by atoms with van der Waals surface area (Å²) in [6.07, 6.45) is 7.18. The maximum atomic E-state index is 2.54. The maximum absolute atomic E-state index is 2.54. The van der Waals surface area contributed by atoms with Crippen LogP contribution in [0.5, 0.6) is 0 Å². The second kappa shape index (κ2) is 14.2. The van der Waals surface area contributed by atoms with Gasteiger partial charge in [0, 0.05) is 33.8 Å². The van der Waals surface area contributed by atoms with Crippen LogP contribution < -0.4 is 4.90 Å². The monoisotopic (exact) mass is 804 g/mol. The first-order chi connectivity index (χ1) is 31.3. The molecule has 1 heterocycles. The molecule has 0 fully saturated rings. The number of anilines is 3. The first kappa shape index (κ1) is 36.0. The number of benzene rings is 9. The van der Waals surface area contributed by atoms with Crippen LogP contribution in [0, 0.1) is 5.92 Å². The van der Waals surface area contributed by atoms with Gasteiger partial charge in [0.05, 0.1) is 22.1 Å². The molecule has 13 rings (SSSR count). The molecule has 1 aromatic heterocycles. The van der Waals surface area contributed by atoms with Crippen LogP contribution in [-0.2, 0) is 5.41 Å². The van der Waals surface area contributed by atoms with E-state index in [1.54, 1.807) is 0 Å². The Hall–Kier alpha value is -7.68. The van der Waals surface area contributed by atoms with Crippen LogP contribution in [-0.4, -0.2) is 4.57 Å². The van der Waals surface area contributed by atoms with E-state index in [0.29, 0.717) is 11.8 Å². The van der Waals surface area contributed by atoms with E-state index in [1.165, 1.54) is 88.8 Å². The molecular weight excluding hydrogens is 761 g/mol. The van der Waals surface area contributed by atoms with Crippen molar-refractivity contribution < 1.29 is 0 Å². The van der Waals surface area contributed by atoms with Crippen LogP contribution >= 0.6 is 0 Å². The SMILES string of the molecule is C1=CC2c3ccccc3C3(c4ccccc4-c4cccc(N(c5ccc(-c6ccccc6)cc5)c5ccc(-c6cccc7c6c6ccccc6n7-c6ccccc6)cc5)c43)C2CC1. The van der Waals surface area contributed by atoms with E-state index in [0.717, 1.165) is 24.2 Å². The summed E-state index contributed by atoms with van der Waals surface area (Å²) in [4.78, 5) is 2.54. The molecule has 10 aromatic rings. The fourth-order valence-electron chi connectivity index (χ4n) is 12.0. The van der Waals surface area contributed by atoms with Gasteiger partial charge in [0.25, 0.3) is 0 Å². The van der Waals surface area contributed by atoms with Crippen molar-refractivity contribution in [1.29, 1.82) is 0 Å². The van der Waals surface area contributed by atoms with Crippen LogP contribution in [0.15, 0.2) is 231 Å². The van der Waals surface area contributed by atoms with Gasteiger partial charge < -0.3 is 9.47 Å². The number of allylic oxidation sites excluding steroid dienone is 2. The Morgan fingerprint density at radius 2 is 1.06 bits per heavy atom. The third-order valence-electron chi connectivity index (χ3n) is 14.4. The van der Waals surface area contributed by atoms with E-state index in [4.69, 9.17) is 0 Å². The molecule has 0 bridgehead atoms. The van der Waals surface area contributed by atoms with Gasteiger partial charge in [-0.3, -0.25) is 0 Å². The normalized spacial score (nSPS) is 18.0. The Balaban J connectivity index is 1.02. The lowest BCUT2D eigenvalue weighted by molar-refractivity contribution is 0.351. The van der Waals surface area contributed by atoms with E-state index in [-0.39, 0.29) is 5.41 Å². The molecule has 2 nitrogen and oxygen atoms in total. The minimum Gasteiger partial charge on any atom is -0.310 e. The predicted octanol–water partition coefficient (Wildman–Crippen LogP) is 16.0. The standard InChI is InChI=1S/C61H44N2/c1-3-17-41(18-4-1)42-33-37-45(38-34-42)62(46-39-35-43(36-40-46)47-25-15-31-57-59(47)52-24-10-14-30-56(52)63(57)44-19-5-2-6-20-44)58-32-16-26-51-50-23-9-13-29-55(50)61(60(51)58)53-27-11-7-21-48(53)49-22-8-12-28-54(49)61/h1-11,13-27,29-40,49,54H,12,28H2. The van der Waals surface area contributed by atoms with Gasteiger partial charge in [0.1, 0.15) is 0 Å². The van der Waals surface area contributed by atoms with Crippen molar-refractivity contribution >= 4 is 38.9 Å². The minimum atomic E-state index is -0.292. The van der Waals surface area contributed by atoms with E-state index in [2.05, 4.69) is 240 Å². The van der Waals surface area contributed by atoms with Crippen LogP contribution in [0.4, 0.5) is 17.1 Å². The van der Waals surface area contributed by atoms with Crippen LogP contribution in [0.1, 0.15) is 41.0 Å². The zero-order valence-electron chi connectivity index (χ0n) is 34.9. The molecule has 63 heavy (non-hydrogen) atoms. The third-order valence-corrected chi connectivity index (χ3v) is 14.4. The molecule has 0 aliphatic heterocycles. The Morgan fingerprint density at radius 3 is 1.87 bits per heavy atom. The molecule has 2 heteroatoms. The van der Waals surface area contributed by atoms with Gasteiger partial charge in [-0.2, -0.15) is 0 Å². The topological polar surface area (TPSA) is 8.17 Å². The quantitative estimate of drug-likeness (QED) is 0.152. The molecule has 3 aliphatic carbocycles. The first-order valence-electron chi connectivity index (χ1n) is 22.4. The van der Waals surface area contributed by atoms with Crippen molar-refractivity contribution in [2.45, 2.75) is 24.2 Å². The summed E-state index contributed by atoms with van der Waals surface area (Å²) < 4.78 is 2.40. The lowest BCUT2D eigenvalue weighted by Gasteiger charge is -2.40. The number of aromatic nitrogens is 1. The molecule has 0 saturated heterocycles. The fraction of sp³-hybridized carbons (Fsp3) is 0.0820. The van der Waals surface area contributed by atoms with E-state index < -0.39 is 0 Å². The van der Waals surface area contributed by atoms with E-state index in [9.17, 15) is 0 Å². The Kier molecular flexibility index (Phi) is 8.11. The minimum absolute atomic E-state index is 0.292. The van der Waals surface area contributed by atoms with Crippen molar-refractivity contribution in [2.24, 2.45) is 5.92 Å².